The molecule has 0 saturated heterocycles. The summed E-state index contributed by atoms with van der Waals surface area (Å²) >= 11 is 0. The van der Waals surface area contributed by atoms with Gasteiger partial charge in [0.25, 0.3) is 0 Å². The summed E-state index contributed by atoms with van der Waals surface area (Å²) in [6.45, 7) is 5.92. The Labute approximate surface area is 115 Å². The number of likely N-dealkylation sites (N-methyl/N-ethyl adjacent to an activating group) is 1. The first-order chi connectivity index (χ1) is 9.26. The molecule has 0 aromatic heterocycles. The molecule has 1 aliphatic heterocycles. The highest BCUT2D eigenvalue weighted by Crippen LogP contribution is 2.29. The third-order valence-corrected chi connectivity index (χ3v) is 3.41. The van der Waals surface area contributed by atoms with Crippen molar-refractivity contribution >= 4 is 0 Å². The van der Waals surface area contributed by atoms with Crippen LogP contribution in [0.2, 0.25) is 0 Å². The molecule has 0 bridgehead atoms. The van der Waals surface area contributed by atoms with E-state index < -0.39 is 0 Å². The number of allylic oxidation sites excluding steroid dienone is 1. The molecular weight excluding hydrogens is 238 g/mol. The molecule has 3 heteroatoms. The summed E-state index contributed by atoms with van der Waals surface area (Å²) in [5.74, 6) is 1.98. The van der Waals surface area contributed by atoms with E-state index in [-0.39, 0.29) is 6.04 Å². The Hall–Kier alpha value is -1.48. The molecule has 0 radical (unpaired) electrons. The van der Waals surface area contributed by atoms with Gasteiger partial charge in [0.15, 0.2) is 0 Å². The maximum Gasteiger partial charge on any atom is 0.121 e. The number of hydrogen-bond acceptors (Lipinski definition) is 3. The van der Waals surface area contributed by atoms with E-state index in [9.17, 15) is 0 Å². The second-order valence-electron chi connectivity index (χ2n) is 4.82. The molecule has 0 aliphatic carbocycles. The van der Waals surface area contributed by atoms with E-state index in [1.54, 1.807) is 7.11 Å². The van der Waals surface area contributed by atoms with Crippen LogP contribution in [0.3, 0.4) is 0 Å². The fourth-order valence-electron chi connectivity index (χ4n) is 2.45. The standard InChI is InChI=1S/C16H23NO2/c1-4-17-16(15-7-5-6-10-19-15)13-8-9-14(18-3)12(2)11-13/h7-9,11,16-17H,4-6,10H2,1-3H3. The average Bonchev–Trinajstić information content (AvgIpc) is 2.45. The van der Waals surface area contributed by atoms with E-state index >= 15 is 0 Å². The summed E-state index contributed by atoms with van der Waals surface area (Å²) in [6.07, 6.45) is 4.42. The number of benzene rings is 1. The SMILES string of the molecule is CCNC(C1=CCCCO1)c1ccc(OC)c(C)c1. The largest absolute Gasteiger partial charge is 0.496 e. The van der Waals surface area contributed by atoms with Crippen molar-refractivity contribution in [3.63, 3.8) is 0 Å². The van der Waals surface area contributed by atoms with Gasteiger partial charge in [0.1, 0.15) is 11.5 Å². The Bertz CT molecular complexity index is 454. The Morgan fingerprint density at radius 1 is 1.42 bits per heavy atom. The van der Waals surface area contributed by atoms with Gasteiger partial charge in [-0.2, -0.15) is 0 Å². The predicted octanol–water partition coefficient (Wildman–Crippen LogP) is 3.35. The highest BCUT2D eigenvalue weighted by atomic mass is 16.5. The zero-order valence-corrected chi connectivity index (χ0v) is 12.0. The van der Waals surface area contributed by atoms with Crippen LogP contribution in [0, 0.1) is 6.92 Å². The van der Waals surface area contributed by atoms with Gasteiger partial charge in [0.05, 0.1) is 19.8 Å². The number of rotatable bonds is 5. The summed E-state index contributed by atoms with van der Waals surface area (Å²) in [6, 6.07) is 6.45. The molecular formula is C16H23NO2. The first-order valence-corrected chi connectivity index (χ1v) is 6.97. The number of methoxy groups -OCH3 is 1. The molecule has 1 aromatic rings. The molecule has 1 N–H and O–H groups in total. The highest BCUT2D eigenvalue weighted by molar-refractivity contribution is 5.39. The normalized spacial score (nSPS) is 16.5. The molecule has 104 valence electrons. The summed E-state index contributed by atoms with van der Waals surface area (Å²) in [5.41, 5.74) is 2.38. The van der Waals surface area contributed by atoms with Gasteiger partial charge < -0.3 is 14.8 Å². The van der Waals surface area contributed by atoms with Crippen molar-refractivity contribution in [3.05, 3.63) is 41.2 Å². The lowest BCUT2D eigenvalue weighted by Crippen LogP contribution is -2.25. The number of aryl methyl sites for hydroxylation is 1. The molecule has 1 heterocycles. The molecule has 1 unspecified atom stereocenters. The maximum absolute atomic E-state index is 5.81. The van der Waals surface area contributed by atoms with Gasteiger partial charge in [-0.3, -0.25) is 0 Å². The second kappa shape index (κ2) is 6.62. The van der Waals surface area contributed by atoms with Crippen molar-refractivity contribution < 1.29 is 9.47 Å². The Morgan fingerprint density at radius 2 is 2.26 bits per heavy atom. The van der Waals surface area contributed by atoms with Crippen LogP contribution in [-0.4, -0.2) is 20.3 Å². The summed E-state index contributed by atoms with van der Waals surface area (Å²) in [5, 5.41) is 3.50. The molecule has 1 aromatic carbocycles. The molecule has 0 fully saturated rings. The van der Waals surface area contributed by atoms with E-state index in [1.165, 1.54) is 5.56 Å². The maximum atomic E-state index is 5.81. The fourth-order valence-corrected chi connectivity index (χ4v) is 2.45. The number of ether oxygens (including phenoxy) is 2. The second-order valence-corrected chi connectivity index (χ2v) is 4.82. The summed E-state index contributed by atoms with van der Waals surface area (Å²) in [7, 11) is 1.70. The van der Waals surface area contributed by atoms with Crippen molar-refractivity contribution in [2.75, 3.05) is 20.3 Å². The molecule has 3 nitrogen and oxygen atoms in total. The number of hydrogen-bond donors (Lipinski definition) is 1. The fraction of sp³-hybridized carbons (Fsp3) is 0.500. The molecule has 0 spiro atoms. The van der Waals surface area contributed by atoms with E-state index in [0.29, 0.717) is 0 Å². The molecule has 0 saturated carbocycles. The van der Waals surface area contributed by atoms with Crippen LogP contribution >= 0.6 is 0 Å². The van der Waals surface area contributed by atoms with Crippen molar-refractivity contribution in [1.29, 1.82) is 0 Å². The van der Waals surface area contributed by atoms with E-state index in [1.807, 2.05) is 6.07 Å². The van der Waals surface area contributed by atoms with Crippen molar-refractivity contribution in [2.24, 2.45) is 0 Å². The topological polar surface area (TPSA) is 30.5 Å². The van der Waals surface area contributed by atoms with Gasteiger partial charge >= 0.3 is 0 Å². The molecule has 0 amide bonds. The highest BCUT2D eigenvalue weighted by Gasteiger charge is 2.19. The van der Waals surface area contributed by atoms with E-state index in [4.69, 9.17) is 9.47 Å². The summed E-state index contributed by atoms with van der Waals surface area (Å²) < 4.78 is 11.1. The number of nitrogens with one attached hydrogen (secondary N) is 1. The van der Waals surface area contributed by atoms with Crippen LogP contribution in [0.4, 0.5) is 0 Å². The van der Waals surface area contributed by atoms with Crippen LogP contribution in [0.15, 0.2) is 30.0 Å². The van der Waals surface area contributed by atoms with Gasteiger partial charge in [-0.1, -0.05) is 19.1 Å². The lowest BCUT2D eigenvalue weighted by molar-refractivity contribution is 0.168. The average molecular weight is 261 g/mol. The zero-order valence-electron chi connectivity index (χ0n) is 12.0. The van der Waals surface area contributed by atoms with Crippen LogP contribution in [-0.2, 0) is 4.74 Å². The van der Waals surface area contributed by atoms with Gasteiger partial charge in [-0.05, 0) is 49.6 Å². The van der Waals surface area contributed by atoms with E-state index in [0.717, 1.165) is 43.1 Å². The van der Waals surface area contributed by atoms with Gasteiger partial charge in [-0.25, -0.2) is 0 Å². The van der Waals surface area contributed by atoms with E-state index in [2.05, 4.69) is 37.4 Å². The Morgan fingerprint density at radius 3 is 2.84 bits per heavy atom. The van der Waals surface area contributed by atoms with Crippen molar-refractivity contribution in [2.45, 2.75) is 32.7 Å². The lowest BCUT2D eigenvalue weighted by atomic mass is 10.0. The van der Waals surface area contributed by atoms with Gasteiger partial charge in [0.2, 0.25) is 0 Å². The molecule has 1 atom stereocenters. The molecule has 19 heavy (non-hydrogen) atoms. The zero-order chi connectivity index (χ0) is 13.7. The minimum absolute atomic E-state index is 0.148. The predicted molar refractivity (Wildman–Crippen MR) is 77.4 cm³/mol. The molecule has 1 aliphatic rings. The quantitative estimate of drug-likeness (QED) is 0.881. The van der Waals surface area contributed by atoms with Crippen molar-refractivity contribution in [3.8, 4) is 5.75 Å². The van der Waals surface area contributed by atoms with Crippen LogP contribution in [0.25, 0.3) is 0 Å². The van der Waals surface area contributed by atoms with Crippen molar-refractivity contribution in [1.82, 2.24) is 5.32 Å². The third-order valence-electron chi connectivity index (χ3n) is 3.41. The minimum Gasteiger partial charge on any atom is -0.496 e. The van der Waals surface area contributed by atoms with Gasteiger partial charge in [0, 0.05) is 0 Å². The first-order valence-electron chi connectivity index (χ1n) is 6.97. The third kappa shape index (κ3) is 3.29. The van der Waals surface area contributed by atoms with Gasteiger partial charge in [-0.15, -0.1) is 0 Å². The lowest BCUT2D eigenvalue weighted by Gasteiger charge is -2.25. The Balaban J connectivity index is 2.27. The van der Waals surface area contributed by atoms with Crippen LogP contribution < -0.4 is 10.1 Å². The van der Waals surface area contributed by atoms with Crippen LogP contribution in [0.1, 0.15) is 36.9 Å². The van der Waals surface area contributed by atoms with Crippen LogP contribution in [0.5, 0.6) is 5.75 Å². The Kier molecular flexibility index (Phi) is 4.86. The molecule has 2 rings (SSSR count). The minimum atomic E-state index is 0.148. The smallest absolute Gasteiger partial charge is 0.121 e. The monoisotopic (exact) mass is 261 g/mol. The first kappa shape index (κ1) is 13.9. The summed E-state index contributed by atoms with van der Waals surface area (Å²) in [4.78, 5) is 0.